The van der Waals surface area contributed by atoms with Crippen LogP contribution in [0.5, 0.6) is 11.5 Å². The zero-order valence-electron chi connectivity index (χ0n) is 10.7. The molecule has 1 N–H and O–H groups in total. The van der Waals surface area contributed by atoms with Gasteiger partial charge in [0.05, 0.1) is 5.41 Å². The van der Waals surface area contributed by atoms with Crippen LogP contribution in [0, 0.1) is 0 Å². The first kappa shape index (κ1) is 12.6. The lowest BCUT2D eigenvalue weighted by Crippen LogP contribution is -2.43. The predicted molar refractivity (Wildman–Crippen MR) is 70.1 cm³/mol. The Balaban J connectivity index is 2.23. The number of rotatable bonds is 3. The molecule has 0 unspecified atom stereocenters. The number of fused-ring (bicyclic) bond motifs is 1. The summed E-state index contributed by atoms with van der Waals surface area (Å²) in [5.74, 6) is 0.481. The van der Waals surface area contributed by atoms with Crippen molar-refractivity contribution in [2.75, 3.05) is 6.79 Å². The lowest BCUT2D eigenvalue weighted by atomic mass is 9.63. The molecule has 0 aromatic heterocycles. The quantitative estimate of drug-likeness (QED) is 0.925. The number of ether oxygens (including phenoxy) is 2. The molecule has 1 aliphatic carbocycles. The van der Waals surface area contributed by atoms with Crippen molar-refractivity contribution in [2.24, 2.45) is 0 Å². The lowest BCUT2D eigenvalue weighted by molar-refractivity contribution is -0.147. The van der Waals surface area contributed by atoms with E-state index in [-0.39, 0.29) is 6.79 Å². The summed E-state index contributed by atoms with van der Waals surface area (Å²) in [4.78, 5) is 11.7. The first-order valence-electron chi connectivity index (χ1n) is 6.45. The fourth-order valence-corrected chi connectivity index (χ4v) is 3.43. The second-order valence-corrected chi connectivity index (χ2v) is 5.45. The number of hydrogen-bond donors (Lipinski definition) is 1. The number of carboxylic acid groups (broad SMARTS) is 1. The van der Waals surface area contributed by atoms with Gasteiger partial charge in [-0.1, -0.05) is 24.9 Å². The van der Waals surface area contributed by atoms with Crippen LogP contribution < -0.4 is 9.47 Å². The van der Waals surface area contributed by atoms with Gasteiger partial charge in [0.15, 0.2) is 11.5 Å². The summed E-state index contributed by atoms with van der Waals surface area (Å²) in [6.07, 6.45) is 2.86. The Hall–Kier alpha value is -1.42. The van der Waals surface area contributed by atoms with Crippen molar-refractivity contribution in [3.63, 3.8) is 0 Å². The van der Waals surface area contributed by atoms with Gasteiger partial charge in [-0.2, -0.15) is 0 Å². The predicted octanol–water partition coefficient (Wildman–Crippen LogP) is 3.14. The molecule has 1 aliphatic heterocycles. The molecular weight excluding hydrogens is 268 g/mol. The zero-order valence-corrected chi connectivity index (χ0v) is 11.4. The van der Waals surface area contributed by atoms with E-state index in [1.807, 2.05) is 6.92 Å². The first-order chi connectivity index (χ1) is 9.10. The van der Waals surface area contributed by atoms with Crippen LogP contribution in [-0.4, -0.2) is 17.9 Å². The molecule has 1 saturated carbocycles. The minimum absolute atomic E-state index is 0.169. The summed E-state index contributed by atoms with van der Waals surface area (Å²) < 4.78 is 10.8. The highest BCUT2D eigenvalue weighted by atomic mass is 35.5. The molecule has 1 aromatic carbocycles. The molecule has 0 bridgehead atoms. The maximum absolute atomic E-state index is 11.7. The number of benzene rings is 1. The lowest BCUT2D eigenvalue weighted by Gasteiger charge is -2.40. The summed E-state index contributed by atoms with van der Waals surface area (Å²) in [6.45, 7) is 2.15. The summed E-state index contributed by atoms with van der Waals surface area (Å²) in [5.41, 5.74) is 0.755. The number of halogens is 1. The Kier molecular flexibility index (Phi) is 2.86. The normalized spacial score (nSPS) is 19.1. The topological polar surface area (TPSA) is 55.8 Å². The molecule has 0 saturated heterocycles. The van der Waals surface area contributed by atoms with Gasteiger partial charge in [-0.25, -0.2) is 0 Å². The van der Waals surface area contributed by atoms with Gasteiger partial charge in [0.25, 0.3) is 0 Å². The van der Waals surface area contributed by atoms with Gasteiger partial charge in [-0.15, -0.1) is 0 Å². The number of carboxylic acids is 1. The smallest absolute Gasteiger partial charge is 0.314 e. The third-order valence-corrected chi connectivity index (χ3v) is 4.46. The van der Waals surface area contributed by atoms with Crippen molar-refractivity contribution in [1.29, 1.82) is 0 Å². The maximum atomic E-state index is 11.7. The highest BCUT2D eigenvalue weighted by molar-refractivity contribution is 6.32. The Morgan fingerprint density at radius 2 is 2.21 bits per heavy atom. The van der Waals surface area contributed by atoms with Crippen LogP contribution in [-0.2, 0) is 16.6 Å². The van der Waals surface area contributed by atoms with Crippen molar-refractivity contribution in [3.05, 3.63) is 22.2 Å². The van der Waals surface area contributed by atoms with Crippen LogP contribution in [0.3, 0.4) is 0 Å². The van der Waals surface area contributed by atoms with E-state index in [0.717, 1.165) is 17.5 Å². The van der Waals surface area contributed by atoms with Crippen molar-refractivity contribution >= 4 is 17.6 Å². The monoisotopic (exact) mass is 282 g/mol. The van der Waals surface area contributed by atoms with Crippen LogP contribution in [0.2, 0.25) is 5.02 Å². The van der Waals surface area contributed by atoms with Gasteiger partial charge >= 0.3 is 5.97 Å². The summed E-state index contributed by atoms with van der Waals surface area (Å²) in [7, 11) is 0. The summed E-state index contributed by atoms with van der Waals surface area (Å²) in [6, 6.07) is 1.68. The average molecular weight is 283 g/mol. The number of carbonyl (C=O) groups is 1. The molecular formula is C14H15ClO4. The minimum Gasteiger partial charge on any atom is -0.481 e. The van der Waals surface area contributed by atoms with E-state index in [9.17, 15) is 9.90 Å². The molecule has 0 amide bonds. The largest absolute Gasteiger partial charge is 0.481 e. The van der Waals surface area contributed by atoms with Gasteiger partial charge in [0, 0.05) is 16.7 Å². The van der Waals surface area contributed by atoms with Crippen LogP contribution in [0.15, 0.2) is 6.07 Å². The minimum atomic E-state index is -0.844. The van der Waals surface area contributed by atoms with E-state index < -0.39 is 11.4 Å². The molecule has 0 atom stereocenters. The first-order valence-corrected chi connectivity index (χ1v) is 6.83. The van der Waals surface area contributed by atoms with Gasteiger partial charge in [0.2, 0.25) is 6.79 Å². The summed E-state index contributed by atoms with van der Waals surface area (Å²) in [5, 5.41) is 10.1. The molecule has 0 spiro atoms. The van der Waals surface area contributed by atoms with Gasteiger partial charge in [-0.3, -0.25) is 4.79 Å². The molecule has 102 valence electrons. The molecule has 1 aromatic rings. The van der Waals surface area contributed by atoms with Crippen molar-refractivity contribution in [3.8, 4) is 11.5 Å². The van der Waals surface area contributed by atoms with Crippen LogP contribution in [0.1, 0.15) is 37.3 Å². The highest BCUT2D eigenvalue weighted by Gasteiger charge is 2.49. The summed E-state index contributed by atoms with van der Waals surface area (Å²) >= 11 is 6.33. The molecule has 2 aliphatic rings. The second-order valence-electron chi connectivity index (χ2n) is 5.04. The zero-order chi connectivity index (χ0) is 13.6. The Bertz CT molecular complexity index is 549. The Morgan fingerprint density at radius 1 is 1.47 bits per heavy atom. The fraction of sp³-hybridized carbons (Fsp3) is 0.500. The SMILES string of the molecule is CCc1c2c(cc(Cl)c1C1(C(=O)O)CCC1)OCO2. The number of aliphatic carboxylic acids is 1. The van der Waals surface area contributed by atoms with Crippen molar-refractivity contribution in [2.45, 2.75) is 38.0 Å². The molecule has 1 fully saturated rings. The fourth-order valence-electron chi connectivity index (χ4n) is 3.03. The second kappa shape index (κ2) is 4.30. The molecule has 4 nitrogen and oxygen atoms in total. The number of hydrogen-bond acceptors (Lipinski definition) is 3. The standard InChI is InChI=1S/C14H15ClO4/c1-2-8-11(14(13(16)17)4-3-5-14)9(15)6-10-12(8)19-7-18-10/h6H,2-5,7H2,1H3,(H,16,17). The molecule has 1 heterocycles. The van der Waals surface area contributed by atoms with E-state index >= 15 is 0 Å². The van der Waals surface area contributed by atoms with E-state index in [2.05, 4.69) is 0 Å². The third kappa shape index (κ3) is 1.62. The molecule has 0 radical (unpaired) electrons. The van der Waals surface area contributed by atoms with Crippen molar-refractivity contribution < 1.29 is 19.4 Å². The maximum Gasteiger partial charge on any atom is 0.314 e. The molecule has 3 rings (SSSR count). The Morgan fingerprint density at radius 3 is 2.74 bits per heavy atom. The van der Waals surface area contributed by atoms with E-state index in [4.69, 9.17) is 21.1 Å². The van der Waals surface area contributed by atoms with E-state index in [0.29, 0.717) is 35.8 Å². The van der Waals surface area contributed by atoms with Gasteiger partial charge < -0.3 is 14.6 Å². The third-order valence-electron chi connectivity index (χ3n) is 4.16. The van der Waals surface area contributed by atoms with Crippen LogP contribution in [0.4, 0.5) is 0 Å². The molecule has 19 heavy (non-hydrogen) atoms. The molecule has 5 heteroatoms. The van der Waals surface area contributed by atoms with Gasteiger partial charge in [0.1, 0.15) is 0 Å². The van der Waals surface area contributed by atoms with Crippen molar-refractivity contribution in [1.82, 2.24) is 0 Å². The van der Waals surface area contributed by atoms with Crippen LogP contribution >= 0.6 is 11.6 Å². The average Bonchev–Trinajstić information content (AvgIpc) is 2.75. The van der Waals surface area contributed by atoms with E-state index in [1.54, 1.807) is 6.07 Å². The van der Waals surface area contributed by atoms with E-state index in [1.165, 1.54) is 0 Å². The van der Waals surface area contributed by atoms with Crippen LogP contribution in [0.25, 0.3) is 0 Å². The highest BCUT2D eigenvalue weighted by Crippen LogP contribution is 2.52. The Labute approximate surface area is 116 Å². The van der Waals surface area contributed by atoms with Gasteiger partial charge in [-0.05, 0) is 24.8 Å².